The summed E-state index contributed by atoms with van der Waals surface area (Å²) in [6, 6.07) is 59.1. The SMILES string of the molecule is c1ccc(N(c2ccc(-c3nnc(-c4ccc5ccccc5c4)o3)cc2)c2ccc(-n3c4ccccc4c4ccccc43)cc2)cc1. The van der Waals surface area contributed by atoms with Crippen molar-refractivity contribution in [1.29, 1.82) is 0 Å². The Morgan fingerprint density at radius 3 is 1.62 bits per heavy atom. The molecule has 5 heteroatoms. The number of hydrogen-bond donors (Lipinski definition) is 0. The zero-order valence-electron chi connectivity index (χ0n) is 25.4. The number of benzene rings is 7. The summed E-state index contributed by atoms with van der Waals surface area (Å²) in [7, 11) is 0. The molecule has 0 aliphatic rings. The Morgan fingerprint density at radius 2 is 0.936 bits per heavy atom. The molecule has 7 aromatic carbocycles. The van der Waals surface area contributed by atoms with Crippen molar-refractivity contribution in [3.8, 4) is 28.6 Å². The third-order valence-corrected chi connectivity index (χ3v) is 8.75. The lowest BCUT2D eigenvalue weighted by atomic mass is 10.1. The molecule has 47 heavy (non-hydrogen) atoms. The van der Waals surface area contributed by atoms with Gasteiger partial charge in [0.25, 0.3) is 0 Å². The van der Waals surface area contributed by atoms with Crippen molar-refractivity contribution in [2.45, 2.75) is 0 Å². The van der Waals surface area contributed by atoms with Gasteiger partial charge in [-0.3, -0.25) is 0 Å². The van der Waals surface area contributed by atoms with Crippen molar-refractivity contribution in [2.75, 3.05) is 4.90 Å². The van der Waals surface area contributed by atoms with Gasteiger partial charge in [-0.25, -0.2) is 0 Å². The van der Waals surface area contributed by atoms with E-state index < -0.39 is 0 Å². The summed E-state index contributed by atoms with van der Waals surface area (Å²) in [5, 5.41) is 13.6. The van der Waals surface area contributed by atoms with Crippen molar-refractivity contribution >= 4 is 49.6 Å². The van der Waals surface area contributed by atoms with Gasteiger partial charge < -0.3 is 13.9 Å². The highest BCUT2D eigenvalue weighted by molar-refractivity contribution is 6.09. The first-order valence-corrected chi connectivity index (χ1v) is 15.7. The van der Waals surface area contributed by atoms with Crippen LogP contribution >= 0.6 is 0 Å². The van der Waals surface area contributed by atoms with Crippen molar-refractivity contribution in [2.24, 2.45) is 0 Å². The largest absolute Gasteiger partial charge is 0.416 e. The third-order valence-electron chi connectivity index (χ3n) is 8.75. The Balaban J connectivity index is 1.06. The third kappa shape index (κ3) is 4.73. The quantitative estimate of drug-likeness (QED) is 0.189. The molecule has 2 aromatic heterocycles. The van der Waals surface area contributed by atoms with Crippen LogP contribution in [0.15, 0.2) is 174 Å². The molecule has 0 bridgehead atoms. The minimum atomic E-state index is 0.487. The predicted octanol–water partition coefficient (Wildman–Crippen LogP) is 11.1. The first-order chi connectivity index (χ1) is 23.3. The van der Waals surface area contributed by atoms with Gasteiger partial charge >= 0.3 is 0 Å². The summed E-state index contributed by atoms with van der Waals surface area (Å²) in [6.07, 6.45) is 0. The molecule has 5 nitrogen and oxygen atoms in total. The highest BCUT2D eigenvalue weighted by Crippen LogP contribution is 2.37. The average Bonchev–Trinajstić information content (AvgIpc) is 3.77. The minimum Gasteiger partial charge on any atom is -0.416 e. The van der Waals surface area contributed by atoms with E-state index in [1.165, 1.54) is 27.2 Å². The van der Waals surface area contributed by atoms with Crippen molar-refractivity contribution in [3.05, 3.63) is 170 Å². The maximum atomic E-state index is 6.15. The Kier molecular flexibility index (Phi) is 6.39. The van der Waals surface area contributed by atoms with Crippen LogP contribution in [0.3, 0.4) is 0 Å². The van der Waals surface area contributed by atoms with Crippen LogP contribution in [-0.4, -0.2) is 14.8 Å². The van der Waals surface area contributed by atoms with Crippen LogP contribution < -0.4 is 4.90 Å². The molecular formula is C42H28N4O. The van der Waals surface area contributed by atoms with Crippen molar-refractivity contribution in [3.63, 3.8) is 0 Å². The Bertz CT molecular complexity index is 2460. The minimum absolute atomic E-state index is 0.487. The van der Waals surface area contributed by atoms with Crippen LogP contribution in [0.5, 0.6) is 0 Å². The van der Waals surface area contributed by atoms with E-state index in [1.54, 1.807) is 0 Å². The van der Waals surface area contributed by atoms with E-state index in [9.17, 15) is 0 Å². The monoisotopic (exact) mass is 604 g/mol. The van der Waals surface area contributed by atoms with Gasteiger partial charge in [0.05, 0.1) is 11.0 Å². The standard InChI is InChI=1S/C42H28N4O/c1-2-12-33(13-3-1)45(35-24-26-36(27-25-35)46-39-16-8-6-14-37(39)38-15-7-9-17-40(38)46)34-22-20-30(21-23-34)41-43-44-42(47-41)32-19-18-29-10-4-5-11-31(29)28-32/h1-28H. The predicted molar refractivity (Wildman–Crippen MR) is 192 cm³/mol. The molecule has 0 spiro atoms. The molecule has 0 aliphatic carbocycles. The number of fused-ring (bicyclic) bond motifs is 4. The summed E-state index contributed by atoms with van der Waals surface area (Å²) in [5.74, 6) is 0.991. The summed E-state index contributed by atoms with van der Waals surface area (Å²) in [6.45, 7) is 0. The van der Waals surface area contributed by atoms with Gasteiger partial charge in [-0.2, -0.15) is 0 Å². The second-order valence-corrected chi connectivity index (χ2v) is 11.6. The molecule has 0 unspecified atom stereocenters. The van der Waals surface area contributed by atoms with Crippen LogP contribution in [0.25, 0.3) is 61.2 Å². The molecular weight excluding hydrogens is 576 g/mol. The van der Waals surface area contributed by atoms with Gasteiger partial charge in [-0.1, -0.05) is 84.9 Å². The number of para-hydroxylation sites is 3. The lowest BCUT2D eigenvalue weighted by molar-refractivity contribution is 0.584. The van der Waals surface area contributed by atoms with E-state index in [1.807, 2.05) is 36.4 Å². The van der Waals surface area contributed by atoms with Crippen molar-refractivity contribution < 1.29 is 4.42 Å². The van der Waals surface area contributed by atoms with E-state index >= 15 is 0 Å². The van der Waals surface area contributed by atoms with Crippen LogP contribution in [0.1, 0.15) is 0 Å². The molecule has 0 fully saturated rings. The summed E-state index contributed by atoms with van der Waals surface area (Å²) in [5.41, 5.74) is 8.43. The lowest BCUT2D eigenvalue weighted by Gasteiger charge is -2.26. The van der Waals surface area contributed by atoms with Crippen LogP contribution in [0, 0.1) is 0 Å². The highest BCUT2D eigenvalue weighted by Gasteiger charge is 2.16. The summed E-state index contributed by atoms with van der Waals surface area (Å²) < 4.78 is 8.49. The summed E-state index contributed by atoms with van der Waals surface area (Å²) in [4.78, 5) is 2.26. The van der Waals surface area contributed by atoms with E-state index in [0.717, 1.165) is 39.3 Å². The number of rotatable bonds is 6. The molecule has 222 valence electrons. The first kappa shape index (κ1) is 26.9. The van der Waals surface area contributed by atoms with Gasteiger partial charge in [0.1, 0.15) is 0 Å². The molecule has 0 radical (unpaired) electrons. The fourth-order valence-electron chi connectivity index (χ4n) is 6.51. The van der Waals surface area contributed by atoms with E-state index in [-0.39, 0.29) is 0 Å². The molecule has 2 heterocycles. The zero-order chi connectivity index (χ0) is 31.2. The molecule has 0 aliphatic heterocycles. The average molecular weight is 605 g/mol. The number of hydrogen-bond acceptors (Lipinski definition) is 4. The second kappa shape index (κ2) is 11.2. The fourth-order valence-corrected chi connectivity index (χ4v) is 6.51. The number of anilines is 3. The van der Waals surface area contributed by atoms with Gasteiger partial charge in [-0.15, -0.1) is 10.2 Å². The van der Waals surface area contributed by atoms with E-state index in [2.05, 4.69) is 153 Å². The van der Waals surface area contributed by atoms with Gasteiger partial charge in [0.15, 0.2) is 0 Å². The maximum absolute atomic E-state index is 6.15. The van der Waals surface area contributed by atoms with Gasteiger partial charge in [0, 0.05) is 44.6 Å². The van der Waals surface area contributed by atoms with Crippen LogP contribution in [0.4, 0.5) is 17.1 Å². The molecule has 0 amide bonds. The lowest BCUT2D eigenvalue weighted by Crippen LogP contribution is -2.10. The van der Waals surface area contributed by atoms with Gasteiger partial charge in [-0.05, 0) is 95.7 Å². The molecule has 0 saturated carbocycles. The topological polar surface area (TPSA) is 47.1 Å². The Morgan fingerprint density at radius 1 is 0.426 bits per heavy atom. The fraction of sp³-hybridized carbons (Fsp3) is 0. The highest BCUT2D eigenvalue weighted by atomic mass is 16.4. The first-order valence-electron chi connectivity index (χ1n) is 15.7. The molecule has 0 saturated heterocycles. The van der Waals surface area contributed by atoms with Gasteiger partial charge in [0.2, 0.25) is 11.8 Å². The molecule has 9 aromatic rings. The van der Waals surface area contributed by atoms with E-state index in [0.29, 0.717) is 11.8 Å². The zero-order valence-corrected chi connectivity index (χ0v) is 25.4. The van der Waals surface area contributed by atoms with Crippen molar-refractivity contribution in [1.82, 2.24) is 14.8 Å². The van der Waals surface area contributed by atoms with E-state index in [4.69, 9.17) is 4.42 Å². The Labute approximate surface area is 271 Å². The maximum Gasteiger partial charge on any atom is 0.248 e. The Hall–Kier alpha value is -6.46. The van der Waals surface area contributed by atoms with Crippen LogP contribution in [0.2, 0.25) is 0 Å². The smallest absolute Gasteiger partial charge is 0.248 e. The molecule has 0 N–H and O–H groups in total. The molecule has 0 atom stereocenters. The number of nitrogens with zero attached hydrogens (tertiary/aromatic N) is 4. The normalized spacial score (nSPS) is 11.4. The number of aromatic nitrogens is 3. The summed E-state index contributed by atoms with van der Waals surface area (Å²) >= 11 is 0. The van der Waals surface area contributed by atoms with Crippen LogP contribution in [-0.2, 0) is 0 Å². The molecule has 9 rings (SSSR count). The second-order valence-electron chi connectivity index (χ2n) is 11.6.